The quantitative estimate of drug-likeness (QED) is 0.642. The Labute approximate surface area is 116 Å². The largest absolute Gasteiger partial charge is 0.480 e. The van der Waals surface area contributed by atoms with Gasteiger partial charge >= 0.3 is 5.97 Å². The average molecular weight is 296 g/mol. The van der Waals surface area contributed by atoms with E-state index in [0.29, 0.717) is 5.52 Å². The molecule has 7 heteroatoms. The monoisotopic (exact) mass is 296 g/mol. The van der Waals surface area contributed by atoms with E-state index in [0.717, 1.165) is 10.9 Å². The van der Waals surface area contributed by atoms with Crippen molar-refractivity contribution in [2.45, 2.75) is 18.7 Å². The van der Waals surface area contributed by atoms with Gasteiger partial charge in [0.1, 0.15) is 0 Å². The molecule has 0 spiro atoms. The summed E-state index contributed by atoms with van der Waals surface area (Å²) in [5.74, 6) is -1.58. The minimum absolute atomic E-state index is 0.352. The molecule has 1 aromatic heterocycles. The molecular formula is C13H14NO5S+. The molecule has 1 unspecified atom stereocenters. The molecule has 1 aromatic carbocycles. The fraction of sp³-hybridized carbons (Fsp3) is 0.231. The molecule has 0 saturated carbocycles. The predicted molar refractivity (Wildman–Crippen MR) is 71.9 cm³/mol. The van der Waals surface area contributed by atoms with Crippen molar-refractivity contribution in [3.05, 3.63) is 42.1 Å². The second-order valence-electron chi connectivity index (χ2n) is 4.51. The summed E-state index contributed by atoms with van der Waals surface area (Å²) < 4.78 is 32.8. The van der Waals surface area contributed by atoms with Crippen molar-refractivity contribution < 1.29 is 27.4 Å². The van der Waals surface area contributed by atoms with Crippen LogP contribution in [0.25, 0.3) is 10.9 Å². The number of fused-ring (bicyclic) bond motifs is 1. The van der Waals surface area contributed by atoms with E-state index in [9.17, 15) is 13.2 Å². The Bertz CT molecular complexity index is 769. The van der Waals surface area contributed by atoms with Gasteiger partial charge in [0.05, 0.1) is 0 Å². The summed E-state index contributed by atoms with van der Waals surface area (Å²) in [4.78, 5) is 11.0. The van der Waals surface area contributed by atoms with Gasteiger partial charge in [-0.25, -0.2) is 0 Å². The third-order valence-electron chi connectivity index (χ3n) is 3.14. The summed E-state index contributed by atoms with van der Waals surface area (Å²) in [5, 5.41) is 7.95. The highest BCUT2D eigenvalue weighted by Gasteiger charge is 2.35. The first-order valence-electron chi connectivity index (χ1n) is 5.87. The van der Waals surface area contributed by atoms with E-state index < -0.39 is 21.3 Å². The highest BCUT2D eigenvalue weighted by atomic mass is 32.2. The predicted octanol–water partition coefficient (Wildman–Crippen LogP) is 0.777. The second-order valence-corrected chi connectivity index (χ2v) is 6.11. The van der Waals surface area contributed by atoms with Gasteiger partial charge in [0.15, 0.2) is 12.7 Å². The standard InChI is InChI=1S/C13H13NO5S/c1-9-6-7-14(11-5-3-2-4-10(9)11)8-12(13(15)16)20(17,18)19/h2-7,12H,8H2,1H3,(H-,15,16,17,18,19)/p+1. The van der Waals surface area contributed by atoms with E-state index >= 15 is 0 Å². The van der Waals surface area contributed by atoms with Crippen LogP contribution in [0, 0.1) is 6.92 Å². The minimum Gasteiger partial charge on any atom is -0.480 e. The van der Waals surface area contributed by atoms with Gasteiger partial charge in [-0.15, -0.1) is 0 Å². The normalized spacial score (nSPS) is 13.3. The van der Waals surface area contributed by atoms with E-state index in [1.165, 1.54) is 4.57 Å². The minimum atomic E-state index is -4.66. The molecule has 2 rings (SSSR count). The van der Waals surface area contributed by atoms with E-state index in [2.05, 4.69) is 0 Å². The lowest BCUT2D eigenvalue weighted by Gasteiger charge is -2.08. The Morgan fingerprint density at radius 3 is 2.55 bits per heavy atom. The van der Waals surface area contributed by atoms with Crippen LogP contribution in [-0.4, -0.2) is 29.3 Å². The number of nitrogens with zero attached hydrogens (tertiary/aromatic N) is 1. The molecule has 6 nitrogen and oxygen atoms in total. The number of pyridine rings is 1. The third kappa shape index (κ3) is 2.78. The SMILES string of the molecule is Cc1cc[n+](CC(C(=O)O)S(=O)(=O)O)c2ccccc12. The van der Waals surface area contributed by atoms with Crippen molar-refractivity contribution in [3.63, 3.8) is 0 Å². The summed E-state index contributed by atoms with van der Waals surface area (Å²) in [7, 11) is -4.66. The van der Waals surface area contributed by atoms with Crippen molar-refractivity contribution in [3.8, 4) is 0 Å². The van der Waals surface area contributed by atoms with E-state index in [-0.39, 0.29) is 6.54 Å². The second kappa shape index (κ2) is 5.18. The van der Waals surface area contributed by atoms with Crippen LogP contribution in [-0.2, 0) is 21.5 Å². The molecule has 0 bridgehead atoms. The van der Waals surface area contributed by atoms with Crippen LogP contribution in [0.2, 0.25) is 0 Å². The highest BCUT2D eigenvalue weighted by molar-refractivity contribution is 7.87. The molecule has 106 valence electrons. The number of hydrogen-bond acceptors (Lipinski definition) is 3. The van der Waals surface area contributed by atoms with Crippen LogP contribution in [0.5, 0.6) is 0 Å². The van der Waals surface area contributed by atoms with Crippen molar-refractivity contribution in [2.24, 2.45) is 0 Å². The Morgan fingerprint density at radius 1 is 1.30 bits per heavy atom. The number of carbonyl (C=O) groups is 1. The lowest BCUT2D eigenvalue weighted by Crippen LogP contribution is -2.46. The Kier molecular flexibility index (Phi) is 3.74. The third-order valence-corrected chi connectivity index (χ3v) is 4.21. The Hall–Kier alpha value is -1.99. The van der Waals surface area contributed by atoms with E-state index in [4.69, 9.17) is 9.66 Å². The molecule has 0 saturated heterocycles. The summed E-state index contributed by atoms with van der Waals surface area (Å²) in [6.45, 7) is 1.55. The number of carboxylic acids is 1. The van der Waals surface area contributed by atoms with Crippen molar-refractivity contribution in [1.82, 2.24) is 0 Å². The number of carboxylic acid groups (broad SMARTS) is 1. The first kappa shape index (κ1) is 14.4. The molecule has 0 aliphatic heterocycles. The zero-order valence-electron chi connectivity index (χ0n) is 10.7. The number of aliphatic carboxylic acids is 1. The van der Waals surface area contributed by atoms with E-state index in [1.54, 1.807) is 24.4 Å². The van der Waals surface area contributed by atoms with E-state index in [1.807, 2.05) is 19.1 Å². The smallest absolute Gasteiger partial charge is 0.331 e. The van der Waals surface area contributed by atoms with Crippen LogP contribution in [0.15, 0.2) is 36.5 Å². The molecule has 1 heterocycles. The maximum atomic E-state index is 11.1. The fourth-order valence-electron chi connectivity index (χ4n) is 2.07. The fourth-order valence-corrected chi connectivity index (χ4v) is 2.67. The number of rotatable bonds is 4. The number of para-hydroxylation sites is 1. The summed E-state index contributed by atoms with van der Waals surface area (Å²) in [5.41, 5.74) is 1.71. The Balaban J connectivity index is 2.54. The van der Waals surface area contributed by atoms with Crippen LogP contribution in [0.1, 0.15) is 5.56 Å². The zero-order valence-corrected chi connectivity index (χ0v) is 11.5. The zero-order chi connectivity index (χ0) is 14.9. The average Bonchev–Trinajstić information content (AvgIpc) is 2.36. The number of aryl methyl sites for hydroxylation is 1. The van der Waals surface area contributed by atoms with Crippen LogP contribution >= 0.6 is 0 Å². The molecule has 2 aromatic rings. The lowest BCUT2D eigenvalue weighted by atomic mass is 10.1. The highest BCUT2D eigenvalue weighted by Crippen LogP contribution is 2.14. The van der Waals surface area contributed by atoms with Gasteiger partial charge in [-0.1, -0.05) is 12.1 Å². The van der Waals surface area contributed by atoms with Gasteiger partial charge in [-0.05, 0) is 18.6 Å². The van der Waals surface area contributed by atoms with Gasteiger partial charge in [-0.2, -0.15) is 13.0 Å². The maximum Gasteiger partial charge on any atom is 0.331 e. The molecule has 2 N–H and O–H groups in total. The van der Waals surface area contributed by atoms with Crippen LogP contribution in [0.4, 0.5) is 0 Å². The van der Waals surface area contributed by atoms with Gasteiger partial charge < -0.3 is 5.11 Å². The number of benzene rings is 1. The lowest BCUT2D eigenvalue weighted by molar-refractivity contribution is -0.669. The number of hydrogen-bond donors (Lipinski definition) is 2. The van der Waals surface area contributed by atoms with Gasteiger partial charge in [0.25, 0.3) is 10.1 Å². The Morgan fingerprint density at radius 2 is 1.95 bits per heavy atom. The summed E-state index contributed by atoms with van der Waals surface area (Å²) in [6.07, 6.45) is 1.61. The first-order chi connectivity index (χ1) is 9.30. The molecule has 0 radical (unpaired) electrons. The van der Waals surface area contributed by atoms with Gasteiger partial charge in [-0.3, -0.25) is 9.35 Å². The molecular weight excluding hydrogens is 282 g/mol. The summed E-state index contributed by atoms with van der Waals surface area (Å²) >= 11 is 0. The molecule has 0 aliphatic rings. The van der Waals surface area contributed by atoms with Crippen LogP contribution in [0.3, 0.4) is 0 Å². The molecule has 1 atom stereocenters. The van der Waals surface area contributed by atoms with Crippen molar-refractivity contribution in [1.29, 1.82) is 0 Å². The maximum absolute atomic E-state index is 11.1. The van der Waals surface area contributed by atoms with Crippen molar-refractivity contribution in [2.75, 3.05) is 0 Å². The topological polar surface area (TPSA) is 95.5 Å². The van der Waals surface area contributed by atoms with Crippen LogP contribution < -0.4 is 4.57 Å². The first-order valence-corrected chi connectivity index (χ1v) is 7.38. The molecule has 0 amide bonds. The van der Waals surface area contributed by atoms with Gasteiger partial charge in [0.2, 0.25) is 10.8 Å². The molecule has 0 aliphatic carbocycles. The van der Waals surface area contributed by atoms with Crippen molar-refractivity contribution >= 4 is 27.0 Å². The number of aromatic nitrogens is 1. The van der Waals surface area contributed by atoms with Gasteiger partial charge in [0, 0.05) is 17.5 Å². The molecule has 20 heavy (non-hydrogen) atoms. The summed E-state index contributed by atoms with van der Waals surface area (Å²) in [6, 6.07) is 9.03. The molecule has 0 fully saturated rings.